The smallest absolute Gasteiger partial charge is 0.0887 e. The lowest BCUT2D eigenvalue weighted by atomic mass is 10.1. The second-order valence-corrected chi connectivity index (χ2v) is 7.50. The largest absolute Gasteiger partial charge is 0.324 e. The summed E-state index contributed by atoms with van der Waals surface area (Å²) in [6, 6.07) is 0.963. The summed E-state index contributed by atoms with van der Waals surface area (Å²) in [6.07, 6.45) is 5.72. The molecule has 2 fully saturated rings. The van der Waals surface area contributed by atoms with E-state index in [9.17, 15) is 0 Å². The van der Waals surface area contributed by atoms with Crippen LogP contribution in [0.2, 0.25) is 0 Å². The van der Waals surface area contributed by atoms with Crippen molar-refractivity contribution in [1.82, 2.24) is 0 Å². The number of likely N-dealkylation sites (tertiary alicyclic amines) is 2. The number of rotatable bonds is 4. The Labute approximate surface area is 128 Å². The third-order valence-electron chi connectivity index (χ3n) is 6.42. The Hall–Kier alpha value is -0.0800. The van der Waals surface area contributed by atoms with Crippen molar-refractivity contribution in [1.29, 1.82) is 0 Å². The highest BCUT2D eigenvalue weighted by Gasteiger charge is 2.34. The van der Waals surface area contributed by atoms with Gasteiger partial charge in [0.25, 0.3) is 0 Å². The number of hydrogen-bond acceptors (Lipinski definition) is 0. The standard InChI is InChI=1S/2C9H20N/c1-4-10(5-2)7-6-9(3)8-10;1-4-9-7-6-8-10(9,3)5-2/h2*9H,4-8H2,1-3H3/q2*+1. The first-order chi connectivity index (χ1) is 9.45. The fraction of sp³-hybridized carbons (Fsp3) is 1.00. The maximum Gasteiger partial charge on any atom is 0.0887 e. The normalized spacial score (nSPS) is 35.7. The third kappa shape index (κ3) is 4.21. The molecule has 0 aromatic heterocycles. The van der Waals surface area contributed by atoms with E-state index in [-0.39, 0.29) is 0 Å². The first-order valence-electron chi connectivity index (χ1n) is 9.14. The molecule has 3 unspecified atom stereocenters. The Morgan fingerprint density at radius 2 is 1.55 bits per heavy atom. The second kappa shape index (κ2) is 7.79. The van der Waals surface area contributed by atoms with Gasteiger partial charge in [-0.25, -0.2) is 0 Å². The van der Waals surface area contributed by atoms with Crippen LogP contribution in [0.1, 0.15) is 60.3 Å². The van der Waals surface area contributed by atoms with Crippen LogP contribution in [-0.2, 0) is 0 Å². The monoisotopic (exact) mass is 284 g/mol. The lowest BCUT2D eigenvalue weighted by Crippen LogP contribution is -2.47. The topological polar surface area (TPSA) is 0 Å². The van der Waals surface area contributed by atoms with E-state index in [1.54, 1.807) is 0 Å². The van der Waals surface area contributed by atoms with E-state index in [0.29, 0.717) is 0 Å². The minimum atomic E-state index is 0.963. The third-order valence-corrected chi connectivity index (χ3v) is 6.42. The zero-order valence-corrected chi connectivity index (χ0v) is 15.1. The molecule has 0 radical (unpaired) electrons. The van der Waals surface area contributed by atoms with E-state index in [1.165, 1.54) is 73.9 Å². The maximum atomic E-state index is 2.40. The molecule has 3 atom stereocenters. The average molecular weight is 285 g/mol. The summed E-state index contributed by atoms with van der Waals surface area (Å²) >= 11 is 0. The van der Waals surface area contributed by atoms with E-state index in [1.807, 2.05) is 0 Å². The van der Waals surface area contributed by atoms with Gasteiger partial charge in [0.05, 0.1) is 52.4 Å². The lowest BCUT2D eigenvalue weighted by Gasteiger charge is -2.34. The highest BCUT2D eigenvalue weighted by atomic mass is 15.4. The van der Waals surface area contributed by atoms with E-state index in [2.05, 4.69) is 41.7 Å². The molecule has 20 heavy (non-hydrogen) atoms. The Kier molecular flexibility index (Phi) is 7.00. The number of hydrogen-bond donors (Lipinski definition) is 0. The van der Waals surface area contributed by atoms with Crippen LogP contribution >= 0.6 is 0 Å². The van der Waals surface area contributed by atoms with Gasteiger partial charge in [-0.15, -0.1) is 0 Å². The molecule has 2 aliphatic heterocycles. The van der Waals surface area contributed by atoms with Gasteiger partial charge >= 0.3 is 0 Å². The van der Waals surface area contributed by atoms with Crippen molar-refractivity contribution in [3.8, 4) is 0 Å². The van der Waals surface area contributed by atoms with Crippen molar-refractivity contribution >= 4 is 0 Å². The van der Waals surface area contributed by atoms with Crippen LogP contribution in [0.5, 0.6) is 0 Å². The zero-order chi connectivity index (χ0) is 15.2. The van der Waals surface area contributed by atoms with Gasteiger partial charge in [0.2, 0.25) is 0 Å². The van der Waals surface area contributed by atoms with E-state index in [4.69, 9.17) is 0 Å². The van der Waals surface area contributed by atoms with Gasteiger partial charge in [0, 0.05) is 25.2 Å². The molecule has 2 heteroatoms. The summed E-state index contributed by atoms with van der Waals surface area (Å²) in [5.41, 5.74) is 0. The Bertz CT molecular complexity index is 270. The van der Waals surface area contributed by atoms with Crippen LogP contribution in [0.25, 0.3) is 0 Å². The number of quaternary nitrogens is 2. The van der Waals surface area contributed by atoms with E-state index in [0.717, 1.165) is 12.0 Å². The first kappa shape index (κ1) is 18.0. The van der Waals surface area contributed by atoms with Crippen LogP contribution in [0.4, 0.5) is 0 Å². The van der Waals surface area contributed by atoms with E-state index >= 15 is 0 Å². The zero-order valence-electron chi connectivity index (χ0n) is 15.1. The van der Waals surface area contributed by atoms with Gasteiger partial charge < -0.3 is 8.97 Å². The van der Waals surface area contributed by atoms with Crippen molar-refractivity contribution in [2.75, 3.05) is 46.3 Å². The molecule has 2 saturated heterocycles. The molecule has 2 nitrogen and oxygen atoms in total. The molecular weight excluding hydrogens is 244 g/mol. The lowest BCUT2D eigenvalue weighted by molar-refractivity contribution is -0.919. The van der Waals surface area contributed by atoms with Gasteiger partial charge in [-0.2, -0.15) is 0 Å². The predicted octanol–water partition coefficient (Wildman–Crippen LogP) is 3.91. The maximum absolute atomic E-state index is 2.40. The second-order valence-electron chi connectivity index (χ2n) is 7.50. The molecule has 2 aliphatic rings. The molecule has 2 rings (SSSR count). The van der Waals surface area contributed by atoms with Crippen molar-refractivity contribution in [2.45, 2.75) is 66.3 Å². The fourth-order valence-corrected chi connectivity index (χ4v) is 4.38. The molecule has 2 heterocycles. The number of nitrogens with zero attached hydrogens (tertiary/aromatic N) is 2. The van der Waals surface area contributed by atoms with Gasteiger partial charge in [0.15, 0.2) is 0 Å². The molecule has 0 aromatic rings. The van der Waals surface area contributed by atoms with Crippen molar-refractivity contribution in [3.63, 3.8) is 0 Å². The minimum Gasteiger partial charge on any atom is -0.324 e. The molecule has 0 aliphatic carbocycles. The molecule has 120 valence electrons. The van der Waals surface area contributed by atoms with Crippen LogP contribution < -0.4 is 0 Å². The van der Waals surface area contributed by atoms with Crippen LogP contribution in [0.15, 0.2) is 0 Å². The Morgan fingerprint density at radius 1 is 0.900 bits per heavy atom. The predicted molar refractivity (Wildman–Crippen MR) is 89.8 cm³/mol. The highest BCUT2D eigenvalue weighted by Crippen LogP contribution is 2.26. The van der Waals surface area contributed by atoms with Crippen LogP contribution in [0, 0.1) is 5.92 Å². The van der Waals surface area contributed by atoms with Crippen LogP contribution in [-0.4, -0.2) is 61.3 Å². The summed E-state index contributed by atoms with van der Waals surface area (Å²) in [5, 5.41) is 0. The SMILES string of the molecule is CCC1CCC[N+]1(C)CC.CC[N+]1(CC)CCC(C)C1. The van der Waals surface area contributed by atoms with Crippen LogP contribution in [0.3, 0.4) is 0 Å². The molecule has 0 spiro atoms. The van der Waals surface area contributed by atoms with Crippen molar-refractivity contribution in [3.05, 3.63) is 0 Å². The summed E-state index contributed by atoms with van der Waals surface area (Å²) in [4.78, 5) is 0. The molecule has 0 bridgehead atoms. The van der Waals surface area contributed by atoms with Crippen molar-refractivity contribution < 1.29 is 8.97 Å². The average Bonchev–Trinajstić information content (AvgIpc) is 3.03. The molecule has 0 amide bonds. The molecular formula is C18H40N2+2. The van der Waals surface area contributed by atoms with Gasteiger partial charge in [-0.05, 0) is 27.2 Å². The summed E-state index contributed by atoms with van der Waals surface area (Å²) in [5.74, 6) is 0.972. The molecule has 0 saturated carbocycles. The summed E-state index contributed by atoms with van der Waals surface area (Å²) in [6.45, 7) is 19.9. The van der Waals surface area contributed by atoms with E-state index < -0.39 is 0 Å². The first-order valence-corrected chi connectivity index (χ1v) is 9.14. The van der Waals surface area contributed by atoms with Gasteiger partial charge in [0.1, 0.15) is 0 Å². The van der Waals surface area contributed by atoms with Gasteiger partial charge in [-0.1, -0.05) is 13.8 Å². The summed E-state index contributed by atoms with van der Waals surface area (Å²) in [7, 11) is 2.40. The summed E-state index contributed by atoms with van der Waals surface area (Å²) < 4.78 is 2.71. The Morgan fingerprint density at radius 3 is 1.85 bits per heavy atom. The Balaban J connectivity index is 0.000000200. The van der Waals surface area contributed by atoms with Crippen molar-refractivity contribution in [2.24, 2.45) is 5.92 Å². The molecule has 0 N–H and O–H groups in total. The minimum absolute atomic E-state index is 0.963. The highest BCUT2D eigenvalue weighted by molar-refractivity contribution is 4.64. The van der Waals surface area contributed by atoms with Gasteiger partial charge in [-0.3, -0.25) is 0 Å². The molecule has 0 aromatic carbocycles. The quantitative estimate of drug-likeness (QED) is 0.687. The fourth-order valence-electron chi connectivity index (χ4n) is 4.38.